The summed E-state index contributed by atoms with van der Waals surface area (Å²) in [5.74, 6) is -0.929. The third kappa shape index (κ3) is 6.25. The Bertz CT molecular complexity index is 1150. The Morgan fingerprint density at radius 2 is 1.97 bits per heavy atom. The summed E-state index contributed by atoms with van der Waals surface area (Å²) in [7, 11) is -3.55. The molecule has 1 aliphatic carbocycles. The molecular weight excluding hydrogens is 451 g/mol. The number of carbonyl (C=O) groups is 2. The number of nitrogens with zero attached hydrogens (tertiary/aromatic N) is 3. The predicted molar refractivity (Wildman–Crippen MR) is 117 cm³/mol. The average molecular weight is 477 g/mol. The van der Waals surface area contributed by atoms with Crippen LogP contribution >= 0.6 is 0 Å². The third-order valence-corrected chi connectivity index (χ3v) is 7.25. The van der Waals surface area contributed by atoms with Gasteiger partial charge in [-0.15, -0.1) is 0 Å². The fourth-order valence-electron chi connectivity index (χ4n) is 3.53. The van der Waals surface area contributed by atoms with Crippen LogP contribution in [0.2, 0.25) is 0 Å². The minimum atomic E-state index is -3.55. The molecular formula is C22H25FN4O5S. The number of sulfone groups is 1. The topological polar surface area (TPSA) is 119 Å². The van der Waals surface area contributed by atoms with Gasteiger partial charge >= 0.3 is 6.03 Å². The van der Waals surface area contributed by atoms with Gasteiger partial charge in [-0.3, -0.25) is 10.1 Å². The molecule has 1 aromatic heterocycles. The maximum Gasteiger partial charge on any atom is 0.324 e. The fraction of sp³-hybridized carbons (Fsp3) is 0.455. The molecule has 1 atom stereocenters. The summed E-state index contributed by atoms with van der Waals surface area (Å²) in [6.45, 7) is 2.35. The van der Waals surface area contributed by atoms with Gasteiger partial charge in [0.15, 0.2) is 21.4 Å². The number of nitrogens with one attached hydrogen (secondary N) is 1. The van der Waals surface area contributed by atoms with Crippen LogP contribution in [0, 0.1) is 11.7 Å². The van der Waals surface area contributed by atoms with E-state index in [1.54, 1.807) is 19.1 Å². The zero-order valence-electron chi connectivity index (χ0n) is 18.2. The molecule has 3 amide bonds. The standard InChI is InChI=1S/C22H25FN4O5S/c1-14(17-4-5-18(23)19(6-17)32-11-15-2-3-15)12-33(30,31)13-20-24-7-16(8-25-20)9-27-10-21(28)26-22(27)29/h4-8,14-15H,2-3,9-13H2,1H3,(H,26,28,29)/t14-/m0/s1. The molecule has 0 radical (unpaired) electrons. The summed E-state index contributed by atoms with van der Waals surface area (Å²) in [5, 5.41) is 2.18. The van der Waals surface area contributed by atoms with E-state index in [9.17, 15) is 22.4 Å². The van der Waals surface area contributed by atoms with E-state index in [0.29, 0.717) is 23.7 Å². The van der Waals surface area contributed by atoms with Crippen molar-refractivity contribution in [1.29, 1.82) is 0 Å². The Balaban J connectivity index is 1.35. The van der Waals surface area contributed by atoms with Crippen LogP contribution in [0.25, 0.3) is 0 Å². The highest BCUT2D eigenvalue weighted by Gasteiger charge is 2.27. The summed E-state index contributed by atoms with van der Waals surface area (Å²) in [6, 6.07) is 3.96. The number of carbonyl (C=O) groups excluding carboxylic acids is 2. The molecule has 1 saturated heterocycles. The Morgan fingerprint density at radius 3 is 2.61 bits per heavy atom. The normalized spacial score (nSPS) is 17.2. The first-order chi connectivity index (χ1) is 15.7. The molecule has 1 aromatic carbocycles. The lowest BCUT2D eigenvalue weighted by Gasteiger charge is -2.15. The van der Waals surface area contributed by atoms with Crippen molar-refractivity contribution in [2.45, 2.75) is 38.0 Å². The summed E-state index contributed by atoms with van der Waals surface area (Å²) in [5.41, 5.74) is 1.26. The number of ether oxygens (including phenoxy) is 1. The zero-order chi connectivity index (χ0) is 23.6. The number of amides is 3. The minimum absolute atomic E-state index is 0.0381. The molecule has 2 aliphatic rings. The monoisotopic (exact) mass is 476 g/mol. The molecule has 0 unspecified atom stereocenters. The van der Waals surface area contributed by atoms with Gasteiger partial charge in [-0.25, -0.2) is 27.6 Å². The number of benzene rings is 1. The highest BCUT2D eigenvalue weighted by Crippen LogP contribution is 2.31. The predicted octanol–water partition coefficient (Wildman–Crippen LogP) is 2.17. The van der Waals surface area contributed by atoms with Crippen LogP contribution in [-0.2, 0) is 26.9 Å². The minimum Gasteiger partial charge on any atom is -0.490 e. The molecule has 9 nitrogen and oxygen atoms in total. The number of hydrogen-bond donors (Lipinski definition) is 1. The third-order valence-electron chi connectivity index (χ3n) is 5.55. The zero-order valence-corrected chi connectivity index (χ0v) is 19.0. The van der Waals surface area contributed by atoms with Gasteiger partial charge in [-0.1, -0.05) is 13.0 Å². The van der Waals surface area contributed by atoms with Crippen LogP contribution in [0.3, 0.4) is 0 Å². The summed E-state index contributed by atoms with van der Waals surface area (Å²) < 4.78 is 45.0. The van der Waals surface area contributed by atoms with Crippen LogP contribution in [0.5, 0.6) is 5.75 Å². The van der Waals surface area contributed by atoms with E-state index in [1.165, 1.54) is 23.4 Å². The average Bonchev–Trinajstić information content (AvgIpc) is 3.52. The number of urea groups is 1. The second-order valence-electron chi connectivity index (χ2n) is 8.62. The van der Waals surface area contributed by atoms with Gasteiger partial charge < -0.3 is 9.64 Å². The van der Waals surface area contributed by atoms with E-state index in [0.717, 1.165) is 12.8 Å². The Labute approximate surface area is 191 Å². The lowest BCUT2D eigenvalue weighted by atomic mass is 10.0. The Hall–Kier alpha value is -3.08. The summed E-state index contributed by atoms with van der Waals surface area (Å²) in [4.78, 5) is 32.4. The van der Waals surface area contributed by atoms with Crippen molar-refractivity contribution >= 4 is 21.8 Å². The molecule has 33 heavy (non-hydrogen) atoms. The van der Waals surface area contributed by atoms with E-state index < -0.39 is 21.7 Å². The number of halogens is 1. The van der Waals surface area contributed by atoms with Crippen LogP contribution in [0.4, 0.5) is 9.18 Å². The summed E-state index contributed by atoms with van der Waals surface area (Å²) in [6.07, 6.45) is 5.07. The van der Waals surface area contributed by atoms with Crippen LogP contribution in [0.1, 0.15) is 42.6 Å². The first-order valence-electron chi connectivity index (χ1n) is 10.7. The van der Waals surface area contributed by atoms with E-state index in [4.69, 9.17) is 4.74 Å². The number of rotatable bonds is 10. The van der Waals surface area contributed by atoms with Gasteiger partial charge in [0.2, 0.25) is 5.91 Å². The van der Waals surface area contributed by atoms with E-state index in [-0.39, 0.29) is 48.0 Å². The molecule has 176 valence electrons. The smallest absolute Gasteiger partial charge is 0.324 e. The number of hydrogen-bond acceptors (Lipinski definition) is 7. The first-order valence-corrected chi connectivity index (χ1v) is 12.5. The molecule has 2 heterocycles. The molecule has 1 saturated carbocycles. The van der Waals surface area contributed by atoms with Crippen molar-refractivity contribution in [1.82, 2.24) is 20.2 Å². The second kappa shape index (κ2) is 9.42. The largest absolute Gasteiger partial charge is 0.490 e. The summed E-state index contributed by atoms with van der Waals surface area (Å²) >= 11 is 0. The van der Waals surface area contributed by atoms with Crippen LogP contribution in [0.15, 0.2) is 30.6 Å². The van der Waals surface area contributed by atoms with E-state index in [1.807, 2.05) is 0 Å². The molecule has 1 aliphatic heterocycles. The van der Waals surface area contributed by atoms with Gasteiger partial charge in [-0.05, 0) is 42.4 Å². The maximum absolute atomic E-state index is 14.0. The molecule has 0 spiro atoms. The van der Waals surface area contributed by atoms with Crippen molar-refractivity contribution in [2.75, 3.05) is 18.9 Å². The second-order valence-corrected chi connectivity index (χ2v) is 10.7. The molecule has 4 rings (SSSR count). The fourth-order valence-corrected chi connectivity index (χ4v) is 5.15. The molecule has 1 N–H and O–H groups in total. The van der Waals surface area contributed by atoms with Gasteiger partial charge in [0, 0.05) is 18.0 Å². The SMILES string of the molecule is C[C@@H](CS(=O)(=O)Cc1ncc(CN2CC(=O)NC2=O)cn1)c1ccc(F)c(OCC2CC2)c1. The van der Waals surface area contributed by atoms with Crippen molar-refractivity contribution in [3.05, 3.63) is 53.4 Å². The van der Waals surface area contributed by atoms with Crippen molar-refractivity contribution in [3.63, 3.8) is 0 Å². The Kier molecular flexibility index (Phi) is 6.59. The van der Waals surface area contributed by atoms with Gasteiger partial charge in [-0.2, -0.15) is 0 Å². The van der Waals surface area contributed by atoms with Crippen LogP contribution in [-0.4, -0.2) is 54.1 Å². The van der Waals surface area contributed by atoms with Gasteiger partial charge in [0.25, 0.3) is 0 Å². The molecule has 2 aromatic rings. The molecule has 11 heteroatoms. The van der Waals surface area contributed by atoms with Gasteiger partial charge in [0.05, 0.1) is 18.9 Å². The number of imide groups is 1. The molecule has 2 fully saturated rings. The number of aromatic nitrogens is 2. The lowest BCUT2D eigenvalue weighted by Crippen LogP contribution is -2.27. The molecule has 0 bridgehead atoms. The van der Waals surface area contributed by atoms with Crippen molar-refractivity contribution < 1.29 is 27.1 Å². The Morgan fingerprint density at radius 1 is 1.24 bits per heavy atom. The highest BCUT2D eigenvalue weighted by molar-refractivity contribution is 7.90. The maximum atomic E-state index is 14.0. The van der Waals surface area contributed by atoms with E-state index >= 15 is 0 Å². The van der Waals surface area contributed by atoms with Crippen molar-refractivity contribution in [3.8, 4) is 5.75 Å². The van der Waals surface area contributed by atoms with Crippen molar-refractivity contribution in [2.24, 2.45) is 5.92 Å². The first kappa shape index (κ1) is 23.1. The highest BCUT2D eigenvalue weighted by atomic mass is 32.2. The quantitative estimate of drug-likeness (QED) is 0.522. The lowest BCUT2D eigenvalue weighted by molar-refractivity contribution is -0.118. The van der Waals surface area contributed by atoms with Gasteiger partial charge in [0.1, 0.15) is 18.1 Å². The van der Waals surface area contributed by atoms with E-state index in [2.05, 4.69) is 15.3 Å². The van der Waals surface area contributed by atoms with Crippen LogP contribution < -0.4 is 10.1 Å².